The molecule has 0 aliphatic rings. The normalized spacial score (nSPS) is 10.8. The molecule has 14 heavy (non-hydrogen) atoms. The fourth-order valence-electron chi connectivity index (χ4n) is 1.20. The number of hydrogen-bond acceptors (Lipinski definition) is 3. The number of thiazole rings is 1. The Balaban J connectivity index is 2.57. The van der Waals surface area contributed by atoms with Gasteiger partial charge >= 0.3 is 4.87 Å². The zero-order valence-electron chi connectivity index (χ0n) is 7.15. The van der Waals surface area contributed by atoms with E-state index in [1.807, 2.05) is 24.3 Å². The Morgan fingerprint density at radius 3 is 3.14 bits per heavy atom. The van der Waals surface area contributed by atoms with Crippen molar-refractivity contribution in [2.75, 3.05) is 0 Å². The Morgan fingerprint density at radius 2 is 2.36 bits per heavy atom. The van der Waals surface area contributed by atoms with Crippen molar-refractivity contribution in [1.29, 1.82) is 5.26 Å². The first kappa shape index (κ1) is 8.73. The minimum atomic E-state index is -0.0542. The van der Waals surface area contributed by atoms with Gasteiger partial charge in [0.25, 0.3) is 0 Å². The van der Waals surface area contributed by atoms with E-state index in [-0.39, 0.29) is 4.87 Å². The molecule has 0 unspecified atom stereocenters. The monoisotopic (exact) mass is 202 g/mol. The molecule has 3 nitrogen and oxygen atoms in total. The average Bonchev–Trinajstić information content (AvgIpc) is 2.54. The van der Waals surface area contributed by atoms with Crippen LogP contribution in [0.5, 0.6) is 0 Å². The molecule has 0 aliphatic heterocycles. The molecule has 0 radical (unpaired) electrons. The first-order valence-electron chi connectivity index (χ1n) is 3.98. The number of aromatic amines is 1. The minimum absolute atomic E-state index is 0.0542. The number of aromatic nitrogens is 1. The molecular formula is C10H6N2OS. The van der Waals surface area contributed by atoms with Crippen LogP contribution in [0.25, 0.3) is 16.3 Å². The van der Waals surface area contributed by atoms with E-state index in [9.17, 15) is 4.79 Å². The largest absolute Gasteiger partial charge is 0.312 e. The molecule has 0 amide bonds. The summed E-state index contributed by atoms with van der Waals surface area (Å²) in [4.78, 5) is 13.7. The molecule has 1 heterocycles. The van der Waals surface area contributed by atoms with Crippen LogP contribution in [0.3, 0.4) is 0 Å². The van der Waals surface area contributed by atoms with Crippen LogP contribution in [-0.2, 0) is 0 Å². The van der Waals surface area contributed by atoms with Gasteiger partial charge in [-0.05, 0) is 23.8 Å². The molecule has 4 heteroatoms. The topological polar surface area (TPSA) is 56.6 Å². The number of nitriles is 1. The van der Waals surface area contributed by atoms with Gasteiger partial charge < -0.3 is 4.98 Å². The van der Waals surface area contributed by atoms with Crippen molar-refractivity contribution in [1.82, 2.24) is 4.98 Å². The van der Waals surface area contributed by atoms with Crippen LogP contribution in [0, 0.1) is 11.3 Å². The van der Waals surface area contributed by atoms with Crippen molar-refractivity contribution in [2.24, 2.45) is 0 Å². The molecule has 0 spiro atoms. The minimum Gasteiger partial charge on any atom is -0.312 e. The lowest BCUT2D eigenvalue weighted by Gasteiger charge is -1.91. The molecule has 1 aromatic carbocycles. The third-order valence-corrected chi connectivity index (χ3v) is 2.64. The lowest BCUT2D eigenvalue weighted by Crippen LogP contribution is -1.89. The highest BCUT2D eigenvalue weighted by molar-refractivity contribution is 7.16. The van der Waals surface area contributed by atoms with Gasteiger partial charge in [0.05, 0.1) is 16.3 Å². The highest BCUT2D eigenvalue weighted by atomic mass is 32.1. The fourth-order valence-corrected chi connectivity index (χ4v) is 1.98. The second-order valence-corrected chi connectivity index (χ2v) is 3.75. The number of rotatable bonds is 1. The Morgan fingerprint density at radius 1 is 1.50 bits per heavy atom. The average molecular weight is 202 g/mol. The van der Waals surface area contributed by atoms with E-state index < -0.39 is 0 Å². The van der Waals surface area contributed by atoms with Crippen LogP contribution in [0.15, 0.2) is 29.1 Å². The standard InChI is InChI=1S/C10H6N2OS/c11-5-1-2-7-3-4-8-9(6-7)14-10(13)12-8/h1-4,6H,(H,12,13). The molecule has 0 aliphatic carbocycles. The summed E-state index contributed by atoms with van der Waals surface area (Å²) in [5.41, 5.74) is 1.77. The van der Waals surface area contributed by atoms with E-state index in [2.05, 4.69) is 4.98 Å². The van der Waals surface area contributed by atoms with E-state index in [0.29, 0.717) is 0 Å². The van der Waals surface area contributed by atoms with E-state index in [1.54, 1.807) is 6.08 Å². The van der Waals surface area contributed by atoms with Crippen molar-refractivity contribution < 1.29 is 0 Å². The zero-order chi connectivity index (χ0) is 9.97. The van der Waals surface area contributed by atoms with Gasteiger partial charge in [-0.25, -0.2) is 0 Å². The van der Waals surface area contributed by atoms with Crippen LogP contribution in [0.2, 0.25) is 0 Å². The van der Waals surface area contributed by atoms with Gasteiger partial charge in [-0.2, -0.15) is 5.26 Å². The Hall–Kier alpha value is -1.86. The van der Waals surface area contributed by atoms with Gasteiger partial charge in [0.15, 0.2) is 0 Å². The quantitative estimate of drug-likeness (QED) is 0.720. The third-order valence-electron chi connectivity index (χ3n) is 1.80. The van der Waals surface area contributed by atoms with Crippen molar-refractivity contribution in [2.45, 2.75) is 0 Å². The predicted octanol–water partition coefficient (Wildman–Crippen LogP) is 2.13. The molecule has 0 saturated carbocycles. The van der Waals surface area contributed by atoms with Crippen molar-refractivity contribution >= 4 is 27.6 Å². The molecule has 2 rings (SSSR count). The summed E-state index contributed by atoms with van der Waals surface area (Å²) >= 11 is 1.17. The number of fused-ring (bicyclic) bond motifs is 1. The molecule has 0 atom stereocenters. The van der Waals surface area contributed by atoms with Gasteiger partial charge in [0.1, 0.15) is 0 Å². The number of hydrogen-bond donors (Lipinski definition) is 1. The van der Waals surface area contributed by atoms with E-state index in [0.717, 1.165) is 15.8 Å². The summed E-state index contributed by atoms with van der Waals surface area (Å²) in [6.07, 6.45) is 3.13. The Labute approximate surface area is 83.9 Å². The van der Waals surface area contributed by atoms with E-state index >= 15 is 0 Å². The maximum Gasteiger partial charge on any atom is 0.305 e. The Kier molecular flexibility index (Phi) is 2.17. The lowest BCUT2D eigenvalue weighted by molar-refractivity contribution is 1.41. The van der Waals surface area contributed by atoms with Crippen molar-refractivity contribution in [3.8, 4) is 6.07 Å². The van der Waals surface area contributed by atoms with E-state index in [4.69, 9.17) is 5.26 Å². The fraction of sp³-hybridized carbons (Fsp3) is 0. The molecule has 0 saturated heterocycles. The number of nitrogens with one attached hydrogen (secondary N) is 1. The lowest BCUT2D eigenvalue weighted by atomic mass is 10.2. The van der Waals surface area contributed by atoms with Crippen molar-refractivity contribution in [3.05, 3.63) is 39.5 Å². The molecular weight excluding hydrogens is 196 g/mol. The maximum atomic E-state index is 11.0. The SMILES string of the molecule is N#CC=Cc1ccc2[nH]c(=O)sc2c1. The number of H-pyrrole nitrogens is 1. The van der Waals surface area contributed by atoms with Crippen LogP contribution in [0.4, 0.5) is 0 Å². The molecule has 1 N–H and O–H groups in total. The van der Waals surface area contributed by atoms with Gasteiger partial charge in [0, 0.05) is 6.08 Å². The van der Waals surface area contributed by atoms with Gasteiger partial charge in [-0.3, -0.25) is 4.79 Å². The molecule has 0 bridgehead atoms. The van der Waals surface area contributed by atoms with E-state index in [1.165, 1.54) is 17.4 Å². The highest BCUT2D eigenvalue weighted by Crippen LogP contribution is 2.16. The van der Waals surface area contributed by atoms with Crippen molar-refractivity contribution in [3.63, 3.8) is 0 Å². The van der Waals surface area contributed by atoms with Gasteiger partial charge in [0.2, 0.25) is 0 Å². The summed E-state index contributed by atoms with van der Waals surface area (Å²) < 4.78 is 0.912. The second-order valence-electron chi connectivity index (χ2n) is 2.73. The Bertz CT molecular complexity index is 586. The maximum absolute atomic E-state index is 11.0. The van der Waals surface area contributed by atoms with Crippen LogP contribution < -0.4 is 4.87 Å². The van der Waals surface area contributed by atoms with Gasteiger partial charge in [-0.15, -0.1) is 0 Å². The molecule has 2 aromatic rings. The molecule has 0 fully saturated rings. The molecule has 1 aromatic heterocycles. The van der Waals surface area contributed by atoms with Crippen LogP contribution >= 0.6 is 11.3 Å². The highest BCUT2D eigenvalue weighted by Gasteiger charge is 1.98. The number of nitrogens with zero attached hydrogens (tertiary/aromatic N) is 1. The zero-order valence-corrected chi connectivity index (χ0v) is 7.97. The smallest absolute Gasteiger partial charge is 0.305 e. The summed E-state index contributed by atoms with van der Waals surface area (Å²) in [6, 6.07) is 7.50. The first-order chi connectivity index (χ1) is 6.79. The summed E-state index contributed by atoms with van der Waals surface area (Å²) in [5.74, 6) is 0. The number of benzene rings is 1. The predicted molar refractivity (Wildman–Crippen MR) is 57.1 cm³/mol. The third kappa shape index (κ3) is 1.58. The first-order valence-corrected chi connectivity index (χ1v) is 4.80. The second kappa shape index (κ2) is 3.48. The van der Waals surface area contributed by atoms with Gasteiger partial charge in [-0.1, -0.05) is 17.4 Å². The molecule has 68 valence electrons. The van der Waals surface area contributed by atoms with Crippen LogP contribution in [-0.4, -0.2) is 4.98 Å². The van der Waals surface area contributed by atoms with Crippen LogP contribution in [0.1, 0.15) is 5.56 Å². The number of allylic oxidation sites excluding steroid dienone is 1. The summed E-state index contributed by atoms with van der Waals surface area (Å²) in [5, 5.41) is 8.35. The summed E-state index contributed by atoms with van der Waals surface area (Å²) in [6.45, 7) is 0. The summed E-state index contributed by atoms with van der Waals surface area (Å²) in [7, 11) is 0.